The molecule has 0 aliphatic carbocycles. The number of hydrogen-bond donors (Lipinski definition) is 1. The van der Waals surface area contributed by atoms with Gasteiger partial charge in [0.05, 0.1) is 20.9 Å². The number of hydrazone groups is 1. The van der Waals surface area contributed by atoms with Crippen LogP contribution >= 0.6 is 22.7 Å². The summed E-state index contributed by atoms with van der Waals surface area (Å²) in [5.74, 6) is -0.562. The van der Waals surface area contributed by atoms with Crippen molar-refractivity contribution in [2.24, 2.45) is 5.10 Å². The normalized spacial score (nSPS) is 11.0. The fourth-order valence-electron chi connectivity index (χ4n) is 1.53. The minimum atomic E-state index is -0.664. The second kappa shape index (κ2) is 6.46. The number of carbonyl (C=O) groups is 1. The number of nitrogens with zero attached hydrogens (tertiary/aromatic N) is 4. The molecule has 0 spiro atoms. The molecule has 0 atom stereocenters. The van der Waals surface area contributed by atoms with E-state index in [1.54, 1.807) is 6.07 Å². The lowest BCUT2D eigenvalue weighted by atomic mass is 10.4. The number of thiophene rings is 2. The maximum atomic E-state index is 11.8. The number of nitrogens with one attached hydrogen (secondary N) is 1. The van der Waals surface area contributed by atoms with Gasteiger partial charge in [0.25, 0.3) is 0 Å². The molecule has 1 amide bonds. The highest BCUT2D eigenvalue weighted by Crippen LogP contribution is 2.22. The highest BCUT2D eigenvalue weighted by molar-refractivity contribution is 7.16. The van der Waals surface area contributed by atoms with Crippen LogP contribution < -0.4 is 5.43 Å². The zero-order valence-electron chi connectivity index (χ0n) is 11.2. The van der Waals surface area contributed by atoms with E-state index in [1.807, 2.05) is 11.4 Å². The molecule has 0 fully saturated rings. The molecule has 9 nitrogen and oxygen atoms in total. The van der Waals surface area contributed by atoms with E-state index in [4.69, 9.17) is 4.52 Å². The van der Waals surface area contributed by atoms with Gasteiger partial charge >= 0.3 is 16.8 Å². The van der Waals surface area contributed by atoms with Gasteiger partial charge in [0.1, 0.15) is 0 Å². The van der Waals surface area contributed by atoms with Gasteiger partial charge in [-0.1, -0.05) is 22.6 Å². The fourth-order valence-corrected chi connectivity index (χ4v) is 2.88. The van der Waals surface area contributed by atoms with E-state index in [-0.39, 0.29) is 10.9 Å². The van der Waals surface area contributed by atoms with Gasteiger partial charge in [-0.25, -0.2) is 5.43 Å². The summed E-state index contributed by atoms with van der Waals surface area (Å²) in [6.07, 6.45) is 1.30. The summed E-state index contributed by atoms with van der Waals surface area (Å²) in [4.78, 5) is 27.1. The Hall–Kier alpha value is -2.92. The fraction of sp³-hybridized carbons (Fsp3) is 0. The van der Waals surface area contributed by atoms with Crippen molar-refractivity contribution >= 4 is 39.8 Å². The molecule has 1 N–H and O–H groups in total. The first-order chi connectivity index (χ1) is 11.1. The van der Waals surface area contributed by atoms with Crippen LogP contribution in [-0.4, -0.2) is 27.2 Å². The standard InChI is InChI=1S/C12H7N5O4S2/c18-11(12-14-10(16-21-12)8-2-1-5-22-8)15-13-6-7-3-4-9(23-7)17(19)20/h1-6H,(H,15,18)/b13-6-. The largest absolute Gasteiger partial charge is 0.329 e. The number of nitro groups is 1. The van der Waals surface area contributed by atoms with Crippen LogP contribution in [0.5, 0.6) is 0 Å². The van der Waals surface area contributed by atoms with Crippen LogP contribution in [0.25, 0.3) is 10.7 Å². The Morgan fingerprint density at radius 3 is 3.00 bits per heavy atom. The van der Waals surface area contributed by atoms with Gasteiger partial charge in [-0.2, -0.15) is 10.1 Å². The number of rotatable bonds is 5. The number of amides is 1. The Labute approximate surface area is 136 Å². The maximum Gasteiger partial charge on any atom is 0.329 e. The molecule has 0 radical (unpaired) electrons. The van der Waals surface area contributed by atoms with Crippen molar-refractivity contribution in [1.29, 1.82) is 0 Å². The van der Waals surface area contributed by atoms with Gasteiger partial charge in [0.2, 0.25) is 5.82 Å². The summed E-state index contributed by atoms with van der Waals surface area (Å²) >= 11 is 2.36. The number of carbonyl (C=O) groups excluding carboxylic acids is 1. The summed E-state index contributed by atoms with van der Waals surface area (Å²) < 4.78 is 4.86. The molecular formula is C12H7N5O4S2. The van der Waals surface area contributed by atoms with E-state index in [0.29, 0.717) is 10.7 Å². The summed E-state index contributed by atoms with van der Waals surface area (Å²) in [7, 11) is 0. The lowest BCUT2D eigenvalue weighted by molar-refractivity contribution is -0.380. The predicted molar refractivity (Wildman–Crippen MR) is 83.6 cm³/mol. The number of hydrogen-bond acceptors (Lipinski definition) is 9. The third-order valence-electron chi connectivity index (χ3n) is 2.51. The van der Waals surface area contributed by atoms with Gasteiger partial charge in [0.15, 0.2) is 0 Å². The summed E-state index contributed by atoms with van der Waals surface area (Å²) in [6.45, 7) is 0. The van der Waals surface area contributed by atoms with Gasteiger partial charge in [0, 0.05) is 6.07 Å². The summed E-state index contributed by atoms with van der Waals surface area (Å²) in [5.41, 5.74) is 2.22. The average Bonchev–Trinajstić information content (AvgIpc) is 3.27. The Morgan fingerprint density at radius 2 is 2.30 bits per heavy atom. The molecule has 3 rings (SSSR count). The van der Waals surface area contributed by atoms with Crippen molar-refractivity contribution in [3.05, 3.63) is 50.5 Å². The minimum absolute atomic E-state index is 0.00438. The smallest absolute Gasteiger partial charge is 0.328 e. The molecule has 23 heavy (non-hydrogen) atoms. The SMILES string of the molecule is O=C(N/N=C\c1ccc([N+](=O)[O-])s1)c1nc(-c2cccs2)no1. The van der Waals surface area contributed by atoms with Crippen LogP contribution in [0, 0.1) is 10.1 Å². The second-order valence-corrected chi connectivity index (χ2v) is 6.07. The Kier molecular flexibility index (Phi) is 4.21. The molecule has 3 aromatic rings. The average molecular weight is 349 g/mol. The maximum absolute atomic E-state index is 11.8. The Bertz CT molecular complexity index is 868. The first kappa shape index (κ1) is 15.0. The van der Waals surface area contributed by atoms with E-state index in [9.17, 15) is 14.9 Å². The van der Waals surface area contributed by atoms with Gasteiger partial charge in [-0.15, -0.1) is 11.3 Å². The van der Waals surface area contributed by atoms with Gasteiger partial charge in [-0.05, 0) is 17.5 Å². The van der Waals surface area contributed by atoms with Crippen LogP contribution in [-0.2, 0) is 0 Å². The summed E-state index contributed by atoms with van der Waals surface area (Å²) in [6, 6.07) is 6.53. The molecule has 0 aliphatic heterocycles. The molecule has 3 heterocycles. The molecule has 116 valence electrons. The second-order valence-electron chi connectivity index (χ2n) is 4.03. The van der Waals surface area contributed by atoms with Crippen LogP contribution in [0.4, 0.5) is 5.00 Å². The lowest BCUT2D eigenvalue weighted by Gasteiger charge is -1.91. The third kappa shape index (κ3) is 3.46. The molecule has 0 saturated heterocycles. The molecule has 0 bridgehead atoms. The topological polar surface area (TPSA) is 124 Å². The monoisotopic (exact) mass is 349 g/mol. The minimum Gasteiger partial charge on any atom is -0.328 e. The molecule has 0 unspecified atom stereocenters. The first-order valence-corrected chi connectivity index (χ1v) is 7.78. The zero-order valence-corrected chi connectivity index (χ0v) is 12.8. The van der Waals surface area contributed by atoms with Crippen LogP contribution in [0.15, 0.2) is 39.3 Å². The van der Waals surface area contributed by atoms with E-state index >= 15 is 0 Å². The van der Waals surface area contributed by atoms with Crippen LogP contribution in [0.3, 0.4) is 0 Å². The Morgan fingerprint density at radius 1 is 1.43 bits per heavy atom. The predicted octanol–water partition coefficient (Wildman–Crippen LogP) is 2.53. The van der Waals surface area contributed by atoms with E-state index in [2.05, 4.69) is 20.7 Å². The molecule has 0 aliphatic rings. The first-order valence-electron chi connectivity index (χ1n) is 6.08. The molecule has 0 aromatic carbocycles. The van der Waals surface area contributed by atoms with E-state index in [1.165, 1.54) is 29.7 Å². The van der Waals surface area contributed by atoms with Crippen molar-refractivity contribution in [3.8, 4) is 10.7 Å². The third-order valence-corrected chi connectivity index (χ3v) is 4.35. The van der Waals surface area contributed by atoms with Crippen molar-refractivity contribution in [3.63, 3.8) is 0 Å². The molecule has 11 heteroatoms. The summed E-state index contributed by atoms with van der Waals surface area (Å²) in [5, 5.41) is 19.8. The van der Waals surface area contributed by atoms with E-state index < -0.39 is 10.8 Å². The van der Waals surface area contributed by atoms with Crippen molar-refractivity contribution in [1.82, 2.24) is 15.6 Å². The van der Waals surface area contributed by atoms with Crippen LogP contribution in [0.1, 0.15) is 15.6 Å². The highest BCUT2D eigenvalue weighted by Gasteiger charge is 2.16. The quantitative estimate of drug-likeness (QED) is 0.429. The molecule has 3 aromatic heterocycles. The van der Waals surface area contributed by atoms with E-state index in [0.717, 1.165) is 16.2 Å². The highest BCUT2D eigenvalue weighted by atomic mass is 32.1. The van der Waals surface area contributed by atoms with Crippen molar-refractivity contribution in [2.75, 3.05) is 0 Å². The lowest BCUT2D eigenvalue weighted by Crippen LogP contribution is -2.17. The molecule has 0 saturated carbocycles. The number of aromatic nitrogens is 2. The van der Waals surface area contributed by atoms with Crippen LogP contribution in [0.2, 0.25) is 0 Å². The van der Waals surface area contributed by atoms with Gasteiger partial charge in [-0.3, -0.25) is 14.9 Å². The van der Waals surface area contributed by atoms with Crippen molar-refractivity contribution < 1.29 is 14.2 Å². The zero-order chi connectivity index (χ0) is 16.2. The van der Waals surface area contributed by atoms with Crippen molar-refractivity contribution in [2.45, 2.75) is 0 Å². The molecular weight excluding hydrogens is 342 g/mol. The van der Waals surface area contributed by atoms with Gasteiger partial charge < -0.3 is 4.52 Å². The Balaban J connectivity index is 1.63.